The van der Waals surface area contributed by atoms with Crippen LogP contribution in [-0.2, 0) is 0 Å². The van der Waals surface area contributed by atoms with Gasteiger partial charge >= 0.3 is 0 Å². The van der Waals surface area contributed by atoms with Gasteiger partial charge in [-0.15, -0.1) is 11.3 Å². The summed E-state index contributed by atoms with van der Waals surface area (Å²) in [5.74, 6) is 0. The Balaban J connectivity index is 1.72. The van der Waals surface area contributed by atoms with Crippen molar-refractivity contribution in [2.24, 2.45) is 0 Å². The summed E-state index contributed by atoms with van der Waals surface area (Å²) in [6.07, 6.45) is 1.10. The van der Waals surface area contributed by atoms with Crippen LogP contribution in [0.25, 0.3) is 42.6 Å². The summed E-state index contributed by atoms with van der Waals surface area (Å²) in [5, 5.41) is 1.74. The van der Waals surface area contributed by atoms with Crippen molar-refractivity contribution in [3.05, 3.63) is 90.0 Å². The van der Waals surface area contributed by atoms with Gasteiger partial charge in [-0.25, -0.2) is 0 Å². The zero-order chi connectivity index (χ0) is 27.7. The molecule has 0 spiro atoms. The summed E-state index contributed by atoms with van der Waals surface area (Å²) >= 11 is 1.39. The van der Waals surface area contributed by atoms with E-state index in [1.54, 1.807) is 18.2 Å². The number of benzene rings is 3. The Kier molecular flexibility index (Phi) is 1.96. The van der Waals surface area contributed by atoms with E-state index in [1.165, 1.54) is 17.4 Å². The topological polar surface area (TPSA) is 12.9 Å². The Morgan fingerprint density at radius 3 is 2.63 bits per heavy atom. The Labute approximate surface area is 178 Å². The number of thiophene rings is 1. The second-order valence-electron chi connectivity index (χ2n) is 6.11. The van der Waals surface area contributed by atoms with Crippen LogP contribution in [-0.4, -0.2) is 4.98 Å². The predicted molar refractivity (Wildman–Crippen MR) is 117 cm³/mol. The normalized spacial score (nSPS) is 18.1. The average Bonchev–Trinajstić information content (AvgIpc) is 3.23. The molecule has 0 amide bonds. The minimum Gasteiger partial charge on any atom is -0.256 e. The second-order valence-corrected chi connectivity index (χ2v) is 7.16. The summed E-state index contributed by atoms with van der Waals surface area (Å²) in [6.45, 7) is -5.27. The van der Waals surface area contributed by atoms with Gasteiger partial charge in [-0.1, -0.05) is 60.5 Å². The summed E-state index contributed by atoms with van der Waals surface area (Å²) in [6, 6.07) is 10.3. The molecule has 0 atom stereocenters. The molecule has 130 valence electrons. The third kappa shape index (κ3) is 2.73. The van der Waals surface area contributed by atoms with E-state index in [1.807, 2.05) is 18.2 Å². The second kappa shape index (κ2) is 6.33. The average molecular weight is 377 g/mol. The maximum absolute atomic E-state index is 8.30. The van der Waals surface area contributed by atoms with Crippen LogP contribution in [0.4, 0.5) is 0 Å². The summed E-state index contributed by atoms with van der Waals surface area (Å²) in [5.41, 5.74) is 0.965. The lowest BCUT2D eigenvalue weighted by Crippen LogP contribution is -1.88. The molecule has 2 aromatic heterocycles. The fourth-order valence-electron chi connectivity index (χ4n) is 3.15. The molecule has 0 aliphatic rings. The fraction of sp³-hybridized carbons (Fsp3) is 0.0800. The number of hydrogen-bond acceptors (Lipinski definition) is 2. The van der Waals surface area contributed by atoms with Crippen molar-refractivity contribution in [3.63, 3.8) is 0 Å². The van der Waals surface area contributed by atoms with Gasteiger partial charge in [-0.05, 0) is 48.1 Å². The maximum atomic E-state index is 8.30. The first-order chi connectivity index (χ1) is 17.7. The smallest absolute Gasteiger partial charge is 0.0719 e. The lowest BCUT2D eigenvalue weighted by atomic mass is 10.0. The van der Waals surface area contributed by atoms with Crippen LogP contribution in [0.1, 0.15) is 26.2 Å². The molecule has 0 fully saturated rings. The van der Waals surface area contributed by atoms with Crippen LogP contribution in [0.2, 0.25) is 0 Å². The van der Waals surface area contributed by atoms with Gasteiger partial charge in [0.1, 0.15) is 0 Å². The number of rotatable bonds is 2. The van der Waals surface area contributed by atoms with E-state index < -0.39 is 31.8 Å². The molecule has 3 aromatic carbocycles. The number of pyridine rings is 1. The Bertz CT molecular complexity index is 1720. The lowest BCUT2D eigenvalue weighted by molar-refractivity contribution is 1.22. The summed E-state index contributed by atoms with van der Waals surface area (Å²) in [4.78, 5) is 4.31. The molecule has 2 heteroatoms. The van der Waals surface area contributed by atoms with Crippen LogP contribution in [0.15, 0.2) is 78.9 Å². The zero-order valence-electron chi connectivity index (χ0n) is 25.0. The largest absolute Gasteiger partial charge is 0.256 e. The molecule has 27 heavy (non-hydrogen) atoms. The van der Waals surface area contributed by atoms with Crippen molar-refractivity contribution in [1.29, 1.82) is 0 Å². The van der Waals surface area contributed by atoms with Crippen LogP contribution in [0.3, 0.4) is 0 Å². The molecule has 0 N–H and O–H groups in total. The van der Waals surface area contributed by atoms with Gasteiger partial charge in [-0.2, -0.15) is 0 Å². The van der Waals surface area contributed by atoms with Crippen LogP contribution in [0.5, 0.6) is 0 Å². The van der Waals surface area contributed by atoms with Crippen LogP contribution in [0, 0.1) is 13.7 Å². The molecule has 0 bridgehead atoms. The van der Waals surface area contributed by atoms with Gasteiger partial charge in [0.25, 0.3) is 0 Å². The Morgan fingerprint density at radius 2 is 1.78 bits per heavy atom. The molecule has 5 aromatic rings. The van der Waals surface area contributed by atoms with Crippen molar-refractivity contribution in [2.45, 2.75) is 13.7 Å². The van der Waals surface area contributed by atoms with Crippen molar-refractivity contribution in [3.8, 4) is 22.4 Å². The molecule has 0 aliphatic carbocycles. The SMILES string of the molecule is [2H]c1c([2H])c([2H])c(-c2ccc3c(c2)sc2c(-c4cc(C([2H])([2H])[2H])c(C([2H])([2H])[2H])cn4)cccc23)c([2H])c1[2H]. The van der Waals surface area contributed by atoms with E-state index in [9.17, 15) is 0 Å². The number of aromatic nitrogens is 1. The first-order valence-corrected chi connectivity index (χ1v) is 9.05. The van der Waals surface area contributed by atoms with Crippen LogP contribution < -0.4 is 0 Å². The molecule has 0 radical (unpaired) electrons. The zero-order valence-corrected chi connectivity index (χ0v) is 14.8. The van der Waals surface area contributed by atoms with Gasteiger partial charge in [0, 0.05) is 40.2 Å². The minimum absolute atomic E-state index is 0.111. The molecule has 0 saturated heterocycles. The number of aryl methyl sites for hydroxylation is 2. The highest BCUT2D eigenvalue weighted by Gasteiger charge is 2.12. The third-order valence-corrected chi connectivity index (χ3v) is 5.67. The van der Waals surface area contributed by atoms with E-state index in [0.717, 1.165) is 26.4 Å². The van der Waals surface area contributed by atoms with Gasteiger partial charge in [0.15, 0.2) is 0 Å². The summed E-state index contributed by atoms with van der Waals surface area (Å²) < 4.78 is 88.8. The molecule has 0 saturated carbocycles. The van der Waals surface area contributed by atoms with Crippen molar-refractivity contribution in [2.75, 3.05) is 0 Å². The van der Waals surface area contributed by atoms with E-state index in [4.69, 9.17) is 15.1 Å². The van der Waals surface area contributed by atoms with E-state index in [-0.39, 0.29) is 28.8 Å². The van der Waals surface area contributed by atoms with Crippen LogP contribution >= 0.6 is 11.3 Å². The monoisotopic (exact) mass is 376 g/mol. The summed E-state index contributed by atoms with van der Waals surface area (Å²) in [7, 11) is 0. The van der Waals surface area contributed by atoms with Gasteiger partial charge in [0.05, 0.1) is 12.5 Å². The van der Waals surface area contributed by atoms with Crippen molar-refractivity contribution < 1.29 is 15.1 Å². The first kappa shape index (κ1) is 8.37. The van der Waals surface area contributed by atoms with Gasteiger partial charge in [0.2, 0.25) is 0 Å². The first-order valence-electron chi connectivity index (χ1n) is 13.7. The number of nitrogens with zero attached hydrogens (tertiary/aromatic N) is 1. The molecule has 2 heterocycles. The van der Waals surface area contributed by atoms with Crippen molar-refractivity contribution in [1.82, 2.24) is 4.98 Å². The molecular formula is C25H19NS. The number of hydrogen-bond donors (Lipinski definition) is 0. The highest BCUT2D eigenvalue weighted by atomic mass is 32.1. The molecule has 0 aliphatic heterocycles. The Morgan fingerprint density at radius 1 is 0.889 bits per heavy atom. The quantitative estimate of drug-likeness (QED) is 0.313. The fourth-order valence-corrected chi connectivity index (χ4v) is 4.42. The van der Waals surface area contributed by atoms with E-state index >= 15 is 0 Å². The standard InChI is InChI=1S/C25H19NS/c1-16-13-23(26-15-17(16)2)22-10-6-9-21-20-12-11-19(14-24(20)27-25(21)22)18-7-4-3-5-8-18/h3-15H,1-2H3/i1D3,2D3,3D,4D,5D,7D,8D. The maximum Gasteiger partial charge on any atom is 0.0719 e. The van der Waals surface area contributed by atoms with Gasteiger partial charge in [-0.3, -0.25) is 4.98 Å². The highest BCUT2D eigenvalue weighted by Crippen LogP contribution is 2.40. The lowest BCUT2D eigenvalue weighted by Gasteiger charge is -2.05. The van der Waals surface area contributed by atoms with E-state index in [2.05, 4.69) is 4.98 Å². The molecule has 5 rings (SSSR count). The minimum atomic E-state index is -2.64. The van der Waals surface area contributed by atoms with Gasteiger partial charge < -0.3 is 0 Å². The highest BCUT2D eigenvalue weighted by molar-refractivity contribution is 7.26. The van der Waals surface area contributed by atoms with E-state index in [0.29, 0.717) is 16.8 Å². The third-order valence-electron chi connectivity index (χ3n) is 4.47. The Hall–Kier alpha value is -2.97. The molecule has 1 nitrogen and oxygen atoms in total. The molecular weight excluding hydrogens is 346 g/mol. The van der Waals surface area contributed by atoms with Crippen molar-refractivity contribution >= 4 is 31.5 Å². The predicted octanol–water partition coefficient (Wildman–Crippen LogP) is 7.40. The molecule has 0 unspecified atom stereocenters. The number of fused-ring (bicyclic) bond motifs is 3.